The van der Waals surface area contributed by atoms with Gasteiger partial charge in [0.15, 0.2) is 0 Å². The van der Waals surface area contributed by atoms with Crippen molar-refractivity contribution in [3.05, 3.63) is 22.6 Å². The molecule has 6 heteroatoms. The maximum atomic E-state index is 12.4. The molecule has 0 bridgehead atoms. The van der Waals surface area contributed by atoms with E-state index in [2.05, 4.69) is 24.3 Å². The molecule has 2 aromatic heterocycles. The van der Waals surface area contributed by atoms with E-state index in [-0.39, 0.29) is 17.8 Å². The van der Waals surface area contributed by atoms with Crippen LogP contribution in [0.3, 0.4) is 0 Å². The van der Waals surface area contributed by atoms with Crippen molar-refractivity contribution in [3.63, 3.8) is 0 Å². The SMILES string of the molecule is CCCC(C)NC(=O)c1c(-c2ccc(CC)s2)noc1N. The zero-order valence-electron chi connectivity index (χ0n) is 12.6. The molecular weight excluding hydrogens is 286 g/mol. The van der Waals surface area contributed by atoms with E-state index in [4.69, 9.17) is 10.3 Å². The fourth-order valence-corrected chi connectivity index (χ4v) is 3.12. The number of nitrogens with one attached hydrogen (secondary N) is 1. The molecule has 0 aliphatic carbocycles. The first-order valence-corrected chi connectivity index (χ1v) is 8.03. The van der Waals surface area contributed by atoms with Gasteiger partial charge < -0.3 is 15.6 Å². The minimum atomic E-state index is -0.226. The van der Waals surface area contributed by atoms with E-state index >= 15 is 0 Å². The lowest BCUT2D eigenvalue weighted by Gasteiger charge is -2.12. The molecule has 3 N–H and O–H groups in total. The molecule has 0 aliphatic rings. The monoisotopic (exact) mass is 307 g/mol. The first-order valence-electron chi connectivity index (χ1n) is 7.21. The number of carbonyl (C=O) groups is 1. The van der Waals surface area contributed by atoms with E-state index in [0.29, 0.717) is 11.3 Å². The summed E-state index contributed by atoms with van der Waals surface area (Å²) in [5, 5.41) is 6.90. The summed E-state index contributed by atoms with van der Waals surface area (Å²) < 4.78 is 5.03. The first kappa shape index (κ1) is 15.6. The molecule has 0 aliphatic heterocycles. The number of nitrogens with zero attached hydrogens (tertiary/aromatic N) is 1. The summed E-state index contributed by atoms with van der Waals surface area (Å²) in [6.07, 6.45) is 2.89. The normalized spacial score (nSPS) is 12.3. The highest BCUT2D eigenvalue weighted by Crippen LogP contribution is 2.32. The molecule has 0 radical (unpaired) electrons. The highest BCUT2D eigenvalue weighted by molar-refractivity contribution is 7.15. The van der Waals surface area contributed by atoms with Crippen LogP contribution in [0.4, 0.5) is 5.88 Å². The maximum Gasteiger partial charge on any atom is 0.259 e. The Bertz CT molecular complexity index is 618. The predicted octanol–water partition coefficient (Wildman–Crippen LogP) is 3.47. The molecule has 0 saturated heterocycles. The topological polar surface area (TPSA) is 81.2 Å². The fourth-order valence-electron chi connectivity index (χ4n) is 2.19. The minimum Gasteiger partial charge on any atom is -0.367 e. The van der Waals surface area contributed by atoms with Crippen molar-refractivity contribution in [1.29, 1.82) is 0 Å². The van der Waals surface area contributed by atoms with E-state index < -0.39 is 0 Å². The largest absolute Gasteiger partial charge is 0.367 e. The molecule has 0 fully saturated rings. The molecule has 1 unspecified atom stereocenters. The second-order valence-corrected chi connectivity index (χ2v) is 6.22. The Morgan fingerprint density at radius 1 is 1.48 bits per heavy atom. The number of nitrogens with two attached hydrogens (primary N) is 1. The summed E-state index contributed by atoms with van der Waals surface area (Å²) >= 11 is 1.60. The smallest absolute Gasteiger partial charge is 0.259 e. The molecule has 21 heavy (non-hydrogen) atoms. The van der Waals surface area contributed by atoms with Gasteiger partial charge in [-0.1, -0.05) is 25.4 Å². The summed E-state index contributed by atoms with van der Waals surface area (Å²) in [5.74, 6) is -0.159. The van der Waals surface area contributed by atoms with Gasteiger partial charge in [0.2, 0.25) is 5.88 Å². The number of nitrogen functional groups attached to an aromatic ring is 1. The van der Waals surface area contributed by atoms with Gasteiger partial charge in [-0.3, -0.25) is 4.79 Å². The van der Waals surface area contributed by atoms with Crippen LogP contribution in [-0.4, -0.2) is 17.1 Å². The van der Waals surface area contributed by atoms with Crippen molar-refractivity contribution in [1.82, 2.24) is 10.5 Å². The predicted molar refractivity (Wildman–Crippen MR) is 85.4 cm³/mol. The van der Waals surface area contributed by atoms with Crippen molar-refractivity contribution in [2.45, 2.75) is 46.1 Å². The van der Waals surface area contributed by atoms with Crippen LogP contribution in [0, 0.1) is 0 Å². The summed E-state index contributed by atoms with van der Waals surface area (Å²) in [6.45, 7) is 6.15. The molecule has 2 aromatic rings. The van der Waals surface area contributed by atoms with Gasteiger partial charge >= 0.3 is 0 Å². The second-order valence-electron chi connectivity index (χ2n) is 5.05. The number of anilines is 1. The summed E-state index contributed by atoms with van der Waals surface area (Å²) in [7, 11) is 0. The summed E-state index contributed by atoms with van der Waals surface area (Å²) in [6, 6.07) is 4.08. The third-order valence-corrected chi connectivity index (χ3v) is 4.52. The summed E-state index contributed by atoms with van der Waals surface area (Å²) in [5.41, 5.74) is 6.65. The fraction of sp³-hybridized carbons (Fsp3) is 0.467. The summed E-state index contributed by atoms with van der Waals surface area (Å²) in [4.78, 5) is 14.5. The average Bonchev–Trinajstić information content (AvgIpc) is 3.04. The molecule has 0 spiro atoms. The molecule has 1 atom stereocenters. The lowest BCUT2D eigenvalue weighted by atomic mass is 10.1. The van der Waals surface area contributed by atoms with E-state index in [1.54, 1.807) is 11.3 Å². The molecule has 1 amide bonds. The number of hydrogen-bond donors (Lipinski definition) is 2. The van der Waals surface area contributed by atoms with Gasteiger partial charge in [-0.25, -0.2) is 0 Å². The van der Waals surface area contributed by atoms with Gasteiger partial charge in [-0.2, -0.15) is 0 Å². The highest BCUT2D eigenvalue weighted by atomic mass is 32.1. The van der Waals surface area contributed by atoms with E-state index in [1.165, 1.54) is 4.88 Å². The Labute approximate surface area is 128 Å². The average molecular weight is 307 g/mol. The van der Waals surface area contributed by atoms with Crippen molar-refractivity contribution in [2.75, 3.05) is 5.73 Å². The van der Waals surface area contributed by atoms with E-state index in [9.17, 15) is 4.79 Å². The van der Waals surface area contributed by atoms with Crippen LogP contribution in [-0.2, 0) is 6.42 Å². The van der Waals surface area contributed by atoms with Gasteiger partial charge in [0.25, 0.3) is 5.91 Å². The molecule has 114 valence electrons. The van der Waals surface area contributed by atoms with Crippen LogP contribution in [0.25, 0.3) is 10.6 Å². The molecular formula is C15H21N3O2S. The van der Waals surface area contributed by atoms with Crippen LogP contribution in [0.5, 0.6) is 0 Å². The third kappa shape index (κ3) is 3.44. The van der Waals surface area contributed by atoms with Crippen LogP contribution >= 0.6 is 11.3 Å². The number of aromatic nitrogens is 1. The molecule has 0 saturated carbocycles. The highest BCUT2D eigenvalue weighted by Gasteiger charge is 2.24. The second kappa shape index (κ2) is 6.76. The number of carbonyl (C=O) groups excluding carboxylic acids is 1. The van der Waals surface area contributed by atoms with Gasteiger partial charge in [0.05, 0.1) is 4.88 Å². The van der Waals surface area contributed by atoms with Crippen molar-refractivity contribution in [3.8, 4) is 10.6 Å². The first-order chi connectivity index (χ1) is 10.1. The quantitative estimate of drug-likeness (QED) is 0.856. The number of hydrogen-bond acceptors (Lipinski definition) is 5. The standard InChI is InChI=1S/C15H21N3O2S/c1-4-6-9(3)17-15(19)12-13(18-20-14(12)16)11-8-7-10(5-2)21-11/h7-9H,4-6,16H2,1-3H3,(H,17,19). The van der Waals surface area contributed by atoms with Gasteiger partial charge in [0.1, 0.15) is 11.3 Å². The van der Waals surface area contributed by atoms with E-state index in [1.807, 2.05) is 19.1 Å². The van der Waals surface area contributed by atoms with Gasteiger partial charge in [0, 0.05) is 10.9 Å². The number of rotatable bonds is 6. The Morgan fingerprint density at radius 2 is 2.24 bits per heavy atom. The number of aryl methyl sites for hydroxylation is 1. The Balaban J connectivity index is 2.27. The van der Waals surface area contributed by atoms with Crippen LogP contribution in [0.1, 0.15) is 48.8 Å². The molecule has 5 nitrogen and oxygen atoms in total. The van der Waals surface area contributed by atoms with Crippen LogP contribution < -0.4 is 11.1 Å². The molecule has 2 heterocycles. The van der Waals surface area contributed by atoms with Crippen LogP contribution in [0.15, 0.2) is 16.7 Å². The Hall–Kier alpha value is -1.82. The zero-order valence-corrected chi connectivity index (χ0v) is 13.4. The van der Waals surface area contributed by atoms with Crippen molar-refractivity contribution >= 4 is 23.1 Å². The van der Waals surface area contributed by atoms with Crippen LogP contribution in [0.2, 0.25) is 0 Å². The van der Waals surface area contributed by atoms with E-state index in [0.717, 1.165) is 24.1 Å². The number of amides is 1. The zero-order chi connectivity index (χ0) is 15.4. The van der Waals surface area contributed by atoms with Gasteiger partial charge in [-0.15, -0.1) is 11.3 Å². The minimum absolute atomic E-state index is 0.0673. The molecule has 0 aromatic carbocycles. The number of thiophene rings is 1. The van der Waals surface area contributed by atoms with Gasteiger partial charge in [-0.05, 0) is 31.9 Å². The Morgan fingerprint density at radius 3 is 2.86 bits per heavy atom. The lowest BCUT2D eigenvalue weighted by Crippen LogP contribution is -2.32. The van der Waals surface area contributed by atoms with Crippen molar-refractivity contribution < 1.29 is 9.32 Å². The molecule has 2 rings (SSSR count). The lowest BCUT2D eigenvalue weighted by molar-refractivity contribution is 0.0939. The van der Waals surface area contributed by atoms with Crippen molar-refractivity contribution in [2.24, 2.45) is 0 Å². The maximum absolute atomic E-state index is 12.4. The Kier molecular flexibility index (Phi) is 5.01. The third-order valence-electron chi connectivity index (χ3n) is 3.29.